The van der Waals surface area contributed by atoms with Crippen LogP contribution >= 0.6 is 0 Å². The average Bonchev–Trinajstić information content (AvgIpc) is 2.38. The van der Waals surface area contributed by atoms with Gasteiger partial charge in [0.2, 0.25) is 0 Å². The third-order valence-corrected chi connectivity index (χ3v) is 3.18. The van der Waals surface area contributed by atoms with Crippen LogP contribution in [0.1, 0.15) is 19.9 Å². The van der Waals surface area contributed by atoms with Crippen molar-refractivity contribution in [3.05, 3.63) is 51.2 Å². The van der Waals surface area contributed by atoms with Crippen LogP contribution in [0.25, 0.3) is 21.9 Å². The number of para-hydroxylation sites is 1. The molecule has 0 saturated carbocycles. The van der Waals surface area contributed by atoms with Gasteiger partial charge in [-0.15, -0.1) is 0 Å². The lowest BCUT2D eigenvalue weighted by Gasteiger charge is -2.09. The fourth-order valence-corrected chi connectivity index (χ4v) is 2.16. The number of hydrogen-bond donors (Lipinski definition) is 1. The summed E-state index contributed by atoms with van der Waals surface area (Å²) in [4.78, 5) is 31.2. The third-order valence-electron chi connectivity index (χ3n) is 3.18. The molecular formula is C14H13N3O2. The highest BCUT2D eigenvalue weighted by Gasteiger charge is 2.10. The molecule has 0 unspecified atom stereocenters. The summed E-state index contributed by atoms with van der Waals surface area (Å²) in [6, 6.07) is 7.18. The maximum absolute atomic E-state index is 12.4. The van der Waals surface area contributed by atoms with Crippen molar-refractivity contribution in [2.45, 2.75) is 19.9 Å². The number of H-pyrrole nitrogens is 1. The van der Waals surface area contributed by atoms with Crippen molar-refractivity contribution in [2.24, 2.45) is 0 Å². The van der Waals surface area contributed by atoms with Gasteiger partial charge in [-0.1, -0.05) is 12.1 Å². The molecule has 1 aromatic carbocycles. The molecule has 2 heterocycles. The zero-order valence-corrected chi connectivity index (χ0v) is 10.7. The molecule has 5 nitrogen and oxygen atoms in total. The molecule has 0 aliphatic heterocycles. The number of hydrogen-bond acceptors (Lipinski definition) is 3. The van der Waals surface area contributed by atoms with Gasteiger partial charge in [0.25, 0.3) is 0 Å². The van der Waals surface area contributed by atoms with Crippen LogP contribution in [0, 0.1) is 0 Å². The van der Waals surface area contributed by atoms with Gasteiger partial charge in [0.1, 0.15) is 5.65 Å². The summed E-state index contributed by atoms with van der Waals surface area (Å²) in [7, 11) is 0. The molecule has 0 fully saturated rings. The summed E-state index contributed by atoms with van der Waals surface area (Å²) >= 11 is 0. The van der Waals surface area contributed by atoms with E-state index in [0.717, 1.165) is 0 Å². The van der Waals surface area contributed by atoms with E-state index in [1.54, 1.807) is 18.3 Å². The van der Waals surface area contributed by atoms with E-state index < -0.39 is 0 Å². The van der Waals surface area contributed by atoms with E-state index in [1.165, 1.54) is 4.57 Å². The lowest BCUT2D eigenvalue weighted by atomic mass is 10.2. The Bertz CT molecular complexity index is 890. The van der Waals surface area contributed by atoms with Gasteiger partial charge in [0, 0.05) is 17.6 Å². The Morgan fingerprint density at radius 1 is 1.16 bits per heavy atom. The Hall–Kier alpha value is -2.43. The molecular weight excluding hydrogens is 242 g/mol. The Morgan fingerprint density at radius 3 is 2.63 bits per heavy atom. The molecule has 1 N–H and O–H groups in total. The van der Waals surface area contributed by atoms with Crippen LogP contribution in [0.5, 0.6) is 0 Å². The highest BCUT2D eigenvalue weighted by molar-refractivity contribution is 5.90. The van der Waals surface area contributed by atoms with Gasteiger partial charge in [-0.25, -0.2) is 4.79 Å². The van der Waals surface area contributed by atoms with E-state index >= 15 is 0 Å². The predicted octanol–water partition coefficient (Wildman–Crippen LogP) is 1.82. The second-order valence-corrected chi connectivity index (χ2v) is 4.79. The van der Waals surface area contributed by atoms with Crippen molar-refractivity contribution in [3.8, 4) is 0 Å². The summed E-state index contributed by atoms with van der Waals surface area (Å²) in [5, 5.41) is 1.04. The van der Waals surface area contributed by atoms with E-state index in [-0.39, 0.29) is 17.2 Å². The van der Waals surface area contributed by atoms with E-state index in [4.69, 9.17) is 0 Å². The molecule has 0 saturated heterocycles. The monoisotopic (exact) mass is 255 g/mol. The van der Waals surface area contributed by atoms with Gasteiger partial charge < -0.3 is 4.98 Å². The molecule has 3 aromatic rings. The predicted molar refractivity (Wildman–Crippen MR) is 74.5 cm³/mol. The van der Waals surface area contributed by atoms with E-state index in [0.29, 0.717) is 21.9 Å². The standard InChI is InChI=1S/C14H13N3O2/c1-8(2)17-7-10-12(18)9-5-3-4-6-11(9)15-13(10)16-14(17)19/h3-8H,1-2H3,(H,15,16,19). The molecule has 0 aliphatic rings. The molecule has 0 bridgehead atoms. The molecule has 2 aromatic heterocycles. The molecule has 0 amide bonds. The molecule has 0 spiro atoms. The first kappa shape index (κ1) is 11.6. The zero-order chi connectivity index (χ0) is 13.6. The number of pyridine rings is 1. The summed E-state index contributed by atoms with van der Waals surface area (Å²) in [6.45, 7) is 3.76. The van der Waals surface area contributed by atoms with Crippen molar-refractivity contribution in [1.29, 1.82) is 0 Å². The van der Waals surface area contributed by atoms with Crippen LogP contribution in [0.15, 0.2) is 40.1 Å². The van der Waals surface area contributed by atoms with Gasteiger partial charge in [0.05, 0.1) is 10.9 Å². The number of rotatable bonds is 1. The maximum Gasteiger partial charge on any atom is 0.349 e. The van der Waals surface area contributed by atoms with Crippen LogP contribution < -0.4 is 11.1 Å². The second kappa shape index (κ2) is 4.05. The number of fused-ring (bicyclic) bond motifs is 2. The van der Waals surface area contributed by atoms with E-state index in [9.17, 15) is 9.59 Å². The summed E-state index contributed by atoms with van der Waals surface area (Å²) < 4.78 is 1.46. The number of aromatic nitrogens is 3. The Kier molecular flexibility index (Phi) is 2.48. The smallest absolute Gasteiger partial charge is 0.339 e. The van der Waals surface area contributed by atoms with Crippen molar-refractivity contribution in [2.75, 3.05) is 0 Å². The van der Waals surface area contributed by atoms with Crippen molar-refractivity contribution in [1.82, 2.24) is 14.5 Å². The first-order valence-corrected chi connectivity index (χ1v) is 6.12. The highest BCUT2D eigenvalue weighted by atomic mass is 16.1. The lowest BCUT2D eigenvalue weighted by Crippen LogP contribution is -2.25. The van der Waals surface area contributed by atoms with Gasteiger partial charge in [-0.3, -0.25) is 9.36 Å². The maximum atomic E-state index is 12.4. The largest absolute Gasteiger partial charge is 0.349 e. The average molecular weight is 255 g/mol. The van der Waals surface area contributed by atoms with Crippen molar-refractivity contribution >= 4 is 21.9 Å². The van der Waals surface area contributed by atoms with Crippen LogP contribution in [0.2, 0.25) is 0 Å². The SMILES string of the molecule is CC(C)n1cc2c(=O)c3ccccc3[nH]c2nc1=O. The molecule has 0 aliphatic carbocycles. The van der Waals surface area contributed by atoms with Crippen LogP contribution in [0.4, 0.5) is 0 Å². The summed E-state index contributed by atoms with van der Waals surface area (Å²) in [6.07, 6.45) is 1.58. The summed E-state index contributed by atoms with van der Waals surface area (Å²) in [5.74, 6) is 0. The first-order chi connectivity index (χ1) is 9.08. The van der Waals surface area contributed by atoms with Gasteiger partial charge in [-0.05, 0) is 26.0 Å². The topological polar surface area (TPSA) is 67.8 Å². The number of benzene rings is 1. The second-order valence-electron chi connectivity index (χ2n) is 4.79. The minimum Gasteiger partial charge on any atom is -0.339 e. The normalized spacial score (nSPS) is 11.5. The molecule has 0 atom stereocenters. The lowest BCUT2D eigenvalue weighted by molar-refractivity contribution is 0.568. The Balaban J connectivity index is 2.53. The number of aromatic amines is 1. The fraction of sp³-hybridized carbons (Fsp3) is 0.214. The number of nitrogens with one attached hydrogen (secondary N) is 1. The van der Waals surface area contributed by atoms with E-state index in [1.807, 2.05) is 26.0 Å². The molecule has 0 radical (unpaired) electrons. The summed E-state index contributed by atoms with van der Waals surface area (Å²) in [5.41, 5.74) is 0.569. The zero-order valence-electron chi connectivity index (χ0n) is 10.7. The van der Waals surface area contributed by atoms with E-state index in [2.05, 4.69) is 9.97 Å². The fourth-order valence-electron chi connectivity index (χ4n) is 2.16. The van der Waals surface area contributed by atoms with Gasteiger partial charge in [-0.2, -0.15) is 4.98 Å². The Morgan fingerprint density at radius 2 is 1.89 bits per heavy atom. The number of nitrogens with zero attached hydrogens (tertiary/aromatic N) is 2. The van der Waals surface area contributed by atoms with Crippen LogP contribution in [0.3, 0.4) is 0 Å². The van der Waals surface area contributed by atoms with Crippen LogP contribution in [-0.2, 0) is 0 Å². The van der Waals surface area contributed by atoms with Crippen molar-refractivity contribution in [3.63, 3.8) is 0 Å². The molecule has 96 valence electrons. The molecule has 19 heavy (non-hydrogen) atoms. The first-order valence-electron chi connectivity index (χ1n) is 6.12. The van der Waals surface area contributed by atoms with Gasteiger partial charge in [0.15, 0.2) is 5.43 Å². The third kappa shape index (κ3) is 1.74. The molecule has 3 rings (SSSR count). The van der Waals surface area contributed by atoms with Crippen LogP contribution in [-0.4, -0.2) is 14.5 Å². The minimum absolute atomic E-state index is 0.0322. The Labute approximate surface area is 108 Å². The highest BCUT2D eigenvalue weighted by Crippen LogP contribution is 2.12. The quantitative estimate of drug-likeness (QED) is 0.674. The van der Waals surface area contributed by atoms with Gasteiger partial charge >= 0.3 is 5.69 Å². The van der Waals surface area contributed by atoms with Crippen molar-refractivity contribution < 1.29 is 0 Å². The minimum atomic E-state index is -0.353. The molecule has 5 heteroatoms.